The Morgan fingerprint density at radius 2 is 1.82 bits per heavy atom. The summed E-state index contributed by atoms with van der Waals surface area (Å²) in [6, 6.07) is 14.9. The molecule has 0 radical (unpaired) electrons. The summed E-state index contributed by atoms with van der Waals surface area (Å²) in [5.41, 5.74) is 1.19. The van der Waals surface area contributed by atoms with Crippen LogP contribution in [0.25, 0.3) is 33.7 Å². The van der Waals surface area contributed by atoms with Crippen LogP contribution in [0.4, 0.5) is 13.2 Å². The fraction of sp³-hybridized carbons (Fsp3) is 0.0435. The van der Waals surface area contributed by atoms with E-state index in [1.807, 2.05) is 0 Å². The van der Waals surface area contributed by atoms with E-state index in [0.717, 1.165) is 0 Å². The second-order valence-electron chi connectivity index (χ2n) is 6.94. The predicted octanol–water partition coefficient (Wildman–Crippen LogP) is 4.37. The molecule has 0 saturated carbocycles. The third-order valence-electron chi connectivity index (χ3n) is 4.92. The molecule has 33 heavy (non-hydrogen) atoms. The smallest absolute Gasteiger partial charge is 0.387 e. The van der Waals surface area contributed by atoms with Crippen LogP contribution in [0.3, 0.4) is 0 Å². The van der Waals surface area contributed by atoms with Crippen LogP contribution in [-0.4, -0.2) is 31.2 Å². The number of rotatable bonds is 5. The highest BCUT2D eigenvalue weighted by molar-refractivity contribution is 5.88. The minimum Gasteiger partial charge on any atom is -0.435 e. The van der Waals surface area contributed by atoms with Gasteiger partial charge in [0, 0.05) is 24.5 Å². The van der Waals surface area contributed by atoms with Crippen LogP contribution >= 0.6 is 0 Å². The Balaban J connectivity index is 1.64. The first kappa shape index (κ1) is 20.4. The van der Waals surface area contributed by atoms with Gasteiger partial charge in [-0.15, -0.1) is 0 Å². The SMILES string of the molecule is O=c1ccn(-c2cccc(OC(F)F)c2)nc1-c1ccnn1-c1ccnc2cccc(F)c12. The molecular weight excluding hydrogens is 435 g/mol. The third kappa shape index (κ3) is 3.82. The number of halogens is 3. The first-order valence-electron chi connectivity index (χ1n) is 9.74. The van der Waals surface area contributed by atoms with Crippen LogP contribution in [-0.2, 0) is 0 Å². The van der Waals surface area contributed by atoms with E-state index in [1.165, 1.54) is 58.3 Å². The molecule has 3 heterocycles. The summed E-state index contributed by atoms with van der Waals surface area (Å²) in [4.78, 5) is 16.9. The Kier molecular flexibility index (Phi) is 5.09. The molecule has 5 aromatic rings. The van der Waals surface area contributed by atoms with Crippen molar-refractivity contribution >= 4 is 10.9 Å². The molecule has 0 fully saturated rings. The summed E-state index contributed by atoms with van der Waals surface area (Å²) >= 11 is 0. The number of benzene rings is 2. The van der Waals surface area contributed by atoms with Gasteiger partial charge in [0.05, 0.1) is 34.2 Å². The summed E-state index contributed by atoms with van der Waals surface area (Å²) in [6.07, 6.45) is 4.40. The Morgan fingerprint density at radius 1 is 0.970 bits per heavy atom. The number of pyridine rings is 1. The average Bonchev–Trinajstić information content (AvgIpc) is 3.28. The van der Waals surface area contributed by atoms with E-state index in [4.69, 9.17) is 0 Å². The molecule has 2 aromatic carbocycles. The van der Waals surface area contributed by atoms with Crippen LogP contribution in [0.5, 0.6) is 5.75 Å². The van der Waals surface area contributed by atoms with Crippen molar-refractivity contribution in [1.29, 1.82) is 0 Å². The van der Waals surface area contributed by atoms with E-state index in [9.17, 15) is 18.0 Å². The van der Waals surface area contributed by atoms with Crippen LogP contribution in [0, 0.1) is 5.82 Å². The number of hydrogen-bond acceptors (Lipinski definition) is 5. The van der Waals surface area contributed by atoms with Crippen LogP contribution < -0.4 is 10.2 Å². The number of nitrogens with zero attached hydrogens (tertiary/aromatic N) is 5. The van der Waals surface area contributed by atoms with Crippen molar-refractivity contribution < 1.29 is 17.9 Å². The molecule has 0 N–H and O–H groups in total. The normalized spacial score (nSPS) is 11.3. The van der Waals surface area contributed by atoms with Gasteiger partial charge in [0.1, 0.15) is 11.6 Å². The largest absolute Gasteiger partial charge is 0.435 e. The number of alkyl halides is 2. The van der Waals surface area contributed by atoms with Crippen molar-refractivity contribution in [2.24, 2.45) is 0 Å². The Morgan fingerprint density at radius 3 is 2.67 bits per heavy atom. The molecule has 3 aromatic heterocycles. The van der Waals surface area contributed by atoms with Crippen LogP contribution in [0.1, 0.15) is 0 Å². The van der Waals surface area contributed by atoms with Gasteiger partial charge in [0.15, 0.2) is 5.69 Å². The fourth-order valence-corrected chi connectivity index (χ4v) is 3.53. The highest BCUT2D eigenvalue weighted by Gasteiger charge is 2.17. The van der Waals surface area contributed by atoms with Gasteiger partial charge in [-0.2, -0.15) is 19.0 Å². The van der Waals surface area contributed by atoms with Crippen LogP contribution in [0.2, 0.25) is 0 Å². The zero-order valence-corrected chi connectivity index (χ0v) is 16.8. The van der Waals surface area contributed by atoms with Crippen molar-refractivity contribution in [3.63, 3.8) is 0 Å². The van der Waals surface area contributed by atoms with Crippen molar-refractivity contribution in [3.05, 3.63) is 95.3 Å². The van der Waals surface area contributed by atoms with Gasteiger partial charge in [0.2, 0.25) is 5.43 Å². The summed E-state index contributed by atoms with van der Waals surface area (Å²) < 4.78 is 47.0. The number of hydrogen-bond donors (Lipinski definition) is 0. The summed E-state index contributed by atoms with van der Waals surface area (Å²) in [6.45, 7) is -2.97. The monoisotopic (exact) mass is 449 g/mol. The molecule has 0 aliphatic carbocycles. The molecule has 0 aliphatic heterocycles. The minimum atomic E-state index is -2.97. The van der Waals surface area contributed by atoms with E-state index < -0.39 is 17.9 Å². The highest BCUT2D eigenvalue weighted by atomic mass is 19.3. The maximum absolute atomic E-state index is 14.6. The third-order valence-corrected chi connectivity index (χ3v) is 4.92. The maximum Gasteiger partial charge on any atom is 0.387 e. The molecule has 0 saturated heterocycles. The molecule has 10 heteroatoms. The van der Waals surface area contributed by atoms with Crippen molar-refractivity contribution in [2.75, 3.05) is 0 Å². The molecule has 7 nitrogen and oxygen atoms in total. The summed E-state index contributed by atoms with van der Waals surface area (Å²) in [5, 5.41) is 8.91. The zero-order chi connectivity index (χ0) is 22.9. The lowest BCUT2D eigenvalue weighted by molar-refractivity contribution is -0.0498. The standard InChI is InChI=1S/C23H14F3N5O2/c24-16-5-2-6-17-21(16)18(7-10-27-17)31-19(8-11-28-31)22-20(32)9-12-30(29-22)14-3-1-4-15(13-14)33-23(25)26/h1-13,23H. The Labute approximate surface area is 184 Å². The van der Waals surface area contributed by atoms with E-state index in [1.54, 1.807) is 30.3 Å². The molecule has 164 valence electrons. The second kappa shape index (κ2) is 8.23. The average molecular weight is 449 g/mol. The number of fused-ring (bicyclic) bond motifs is 1. The highest BCUT2D eigenvalue weighted by Crippen LogP contribution is 2.27. The van der Waals surface area contributed by atoms with Gasteiger partial charge in [-0.25, -0.2) is 13.8 Å². The van der Waals surface area contributed by atoms with Gasteiger partial charge < -0.3 is 4.74 Å². The maximum atomic E-state index is 14.6. The van der Waals surface area contributed by atoms with E-state index >= 15 is 0 Å². The van der Waals surface area contributed by atoms with Gasteiger partial charge in [0.25, 0.3) is 0 Å². The zero-order valence-electron chi connectivity index (χ0n) is 16.8. The van der Waals surface area contributed by atoms with E-state index in [-0.39, 0.29) is 16.8 Å². The first-order chi connectivity index (χ1) is 16.0. The van der Waals surface area contributed by atoms with Crippen molar-refractivity contribution in [2.45, 2.75) is 6.61 Å². The molecule has 0 bridgehead atoms. The van der Waals surface area contributed by atoms with Crippen molar-refractivity contribution in [3.8, 4) is 28.5 Å². The van der Waals surface area contributed by atoms with Gasteiger partial charge in [-0.1, -0.05) is 12.1 Å². The molecule has 0 unspecified atom stereocenters. The number of ether oxygens (including phenoxy) is 1. The molecule has 0 spiro atoms. The molecule has 0 atom stereocenters. The first-order valence-corrected chi connectivity index (χ1v) is 9.74. The molecule has 0 amide bonds. The molecule has 5 rings (SSSR count). The van der Waals surface area contributed by atoms with Gasteiger partial charge >= 0.3 is 6.61 Å². The van der Waals surface area contributed by atoms with Gasteiger partial charge in [-0.3, -0.25) is 9.78 Å². The van der Waals surface area contributed by atoms with E-state index in [2.05, 4.69) is 19.9 Å². The lowest BCUT2D eigenvalue weighted by Crippen LogP contribution is -2.15. The summed E-state index contributed by atoms with van der Waals surface area (Å²) in [5.74, 6) is -0.528. The fourth-order valence-electron chi connectivity index (χ4n) is 3.53. The molecular formula is C23H14F3N5O2. The quantitative estimate of drug-likeness (QED) is 0.398. The molecule has 0 aliphatic rings. The second-order valence-corrected chi connectivity index (χ2v) is 6.94. The van der Waals surface area contributed by atoms with E-state index in [0.29, 0.717) is 22.6 Å². The van der Waals surface area contributed by atoms with Gasteiger partial charge in [-0.05, 0) is 36.4 Å². The number of aromatic nitrogens is 5. The Hall–Kier alpha value is -4.47. The minimum absolute atomic E-state index is 0.0384. The topological polar surface area (TPSA) is 74.8 Å². The lowest BCUT2D eigenvalue weighted by atomic mass is 10.1. The predicted molar refractivity (Wildman–Crippen MR) is 114 cm³/mol. The van der Waals surface area contributed by atoms with Crippen molar-refractivity contribution in [1.82, 2.24) is 24.5 Å². The summed E-state index contributed by atoms with van der Waals surface area (Å²) in [7, 11) is 0. The Bertz CT molecular complexity index is 1530. The van der Waals surface area contributed by atoms with Crippen LogP contribution in [0.15, 0.2) is 84.0 Å². The lowest BCUT2D eigenvalue weighted by Gasteiger charge is -2.12.